The molecule has 2 atom stereocenters. The van der Waals surface area contributed by atoms with Crippen LogP contribution in [0.4, 0.5) is 13.2 Å². The van der Waals surface area contributed by atoms with Gasteiger partial charge in [0.05, 0.1) is 12.1 Å². The molecule has 26 heavy (non-hydrogen) atoms. The maximum atomic E-state index is 12.8. The SMILES string of the molecule is CO[C@@H](n1cncn1)[C@@](O)(Cn1cncn1)c1ccc(C(F)(F)F)cc1. The number of ether oxygens (including phenoxy) is 1. The van der Waals surface area contributed by atoms with Crippen molar-refractivity contribution in [3.63, 3.8) is 0 Å². The van der Waals surface area contributed by atoms with E-state index in [1.54, 1.807) is 0 Å². The summed E-state index contributed by atoms with van der Waals surface area (Å²) in [6.07, 6.45) is -0.284. The number of alkyl halides is 3. The molecule has 11 heteroatoms. The summed E-state index contributed by atoms with van der Waals surface area (Å²) in [4.78, 5) is 7.63. The van der Waals surface area contributed by atoms with Crippen molar-refractivity contribution in [2.24, 2.45) is 0 Å². The Hall–Kier alpha value is -2.79. The summed E-state index contributed by atoms with van der Waals surface area (Å²) >= 11 is 0. The largest absolute Gasteiger partial charge is 0.416 e. The molecule has 2 heterocycles. The molecule has 8 nitrogen and oxygen atoms in total. The normalized spacial score (nSPS) is 15.6. The topological polar surface area (TPSA) is 90.9 Å². The molecule has 0 saturated carbocycles. The maximum Gasteiger partial charge on any atom is 0.416 e. The van der Waals surface area contributed by atoms with E-state index in [0.717, 1.165) is 12.1 Å². The van der Waals surface area contributed by atoms with Gasteiger partial charge in [-0.1, -0.05) is 12.1 Å². The Bertz CT molecular complexity index is 820. The summed E-state index contributed by atoms with van der Waals surface area (Å²) in [6.45, 7) is -0.128. The average molecular weight is 368 g/mol. The summed E-state index contributed by atoms with van der Waals surface area (Å²) in [5, 5.41) is 19.3. The van der Waals surface area contributed by atoms with E-state index in [4.69, 9.17) is 4.74 Å². The smallest absolute Gasteiger partial charge is 0.378 e. The number of aliphatic hydroxyl groups is 1. The van der Waals surface area contributed by atoms with Crippen LogP contribution in [0.15, 0.2) is 49.6 Å². The number of halogens is 3. The number of benzene rings is 1. The summed E-state index contributed by atoms with van der Waals surface area (Å²) < 4.78 is 46.5. The van der Waals surface area contributed by atoms with Crippen molar-refractivity contribution in [3.8, 4) is 0 Å². The lowest BCUT2D eigenvalue weighted by atomic mass is 9.90. The first-order valence-electron chi connectivity index (χ1n) is 7.44. The third kappa shape index (κ3) is 3.44. The molecule has 0 spiro atoms. The first-order chi connectivity index (χ1) is 12.3. The monoisotopic (exact) mass is 368 g/mol. The van der Waals surface area contributed by atoms with E-state index in [-0.39, 0.29) is 12.1 Å². The molecule has 0 unspecified atom stereocenters. The number of aromatic nitrogens is 6. The van der Waals surface area contributed by atoms with Gasteiger partial charge in [0.1, 0.15) is 25.3 Å². The van der Waals surface area contributed by atoms with Crippen LogP contribution in [0.1, 0.15) is 17.4 Å². The summed E-state index contributed by atoms with van der Waals surface area (Å²) in [6, 6.07) is 4.19. The molecule has 3 rings (SSSR count). The fraction of sp³-hybridized carbons (Fsp3) is 0.333. The first-order valence-corrected chi connectivity index (χ1v) is 7.44. The van der Waals surface area contributed by atoms with Crippen LogP contribution in [0.5, 0.6) is 0 Å². The van der Waals surface area contributed by atoms with Gasteiger partial charge in [-0.05, 0) is 17.7 Å². The molecule has 0 aliphatic rings. The van der Waals surface area contributed by atoms with Gasteiger partial charge in [0.15, 0.2) is 11.8 Å². The molecule has 1 aromatic carbocycles. The van der Waals surface area contributed by atoms with Crippen molar-refractivity contribution < 1.29 is 23.0 Å². The Balaban J connectivity index is 2.05. The van der Waals surface area contributed by atoms with Crippen LogP contribution in [-0.2, 0) is 23.1 Å². The van der Waals surface area contributed by atoms with E-state index in [1.165, 1.54) is 53.9 Å². The van der Waals surface area contributed by atoms with Crippen LogP contribution in [0.3, 0.4) is 0 Å². The van der Waals surface area contributed by atoms with Crippen molar-refractivity contribution in [3.05, 3.63) is 60.7 Å². The second-order valence-electron chi connectivity index (χ2n) is 5.56. The van der Waals surface area contributed by atoms with Gasteiger partial charge in [0.2, 0.25) is 0 Å². The highest BCUT2D eigenvalue weighted by Crippen LogP contribution is 2.37. The summed E-state index contributed by atoms with van der Waals surface area (Å²) in [5.74, 6) is 0. The minimum Gasteiger partial charge on any atom is -0.378 e. The molecule has 0 amide bonds. The van der Waals surface area contributed by atoms with Gasteiger partial charge in [-0.2, -0.15) is 23.4 Å². The Morgan fingerprint density at radius 2 is 1.65 bits per heavy atom. The highest BCUT2D eigenvalue weighted by molar-refractivity contribution is 5.29. The lowest BCUT2D eigenvalue weighted by molar-refractivity contribution is -0.154. The van der Waals surface area contributed by atoms with Crippen LogP contribution >= 0.6 is 0 Å². The Morgan fingerprint density at radius 1 is 1.04 bits per heavy atom. The van der Waals surface area contributed by atoms with E-state index in [1.807, 2.05) is 0 Å². The van der Waals surface area contributed by atoms with Gasteiger partial charge in [-0.15, -0.1) is 0 Å². The number of nitrogens with zero attached hydrogens (tertiary/aromatic N) is 6. The first kappa shape index (κ1) is 18.0. The Kier molecular flexibility index (Phi) is 4.74. The van der Waals surface area contributed by atoms with Gasteiger partial charge in [0, 0.05) is 7.11 Å². The zero-order valence-electron chi connectivity index (χ0n) is 13.6. The number of hydrogen-bond donors (Lipinski definition) is 1. The average Bonchev–Trinajstić information content (AvgIpc) is 3.29. The van der Waals surface area contributed by atoms with Gasteiger partial charge < -0.3 is 9.84 Å². The lowest BCUT2D eigenvalue weighted by Gasteiger charge is -2.35. The summed E-state index contributed by atoms with van der Waals surface area (Å²) in [7, 11) is 1.35. The van der Waals surface area contributed by atoms with Crippen molar-refractivity contribution in [1.29, 1.82) is 0 Å². The van der Waals surface area contributed by atoms with Crippen LogP contribution < -0.4 is 0 Å². The molecule has 0 aliphatic carbocycles. The standard InChI is InChI=1S/C15H15F3N6O2/c1-26-13(24-10-20-8-22-24)14(25,6-23-9-19-7-21-23)11-2-4-12(5-3-11)15(16,17)18/h2-5,7-10,13,25H,6H2,1H3/t13-,14-/m1/s1. The maximum absolute atomic E-state index is 12.8. The highest BCUT2D eigenvalue weighted by Gasteiger charge is 2.42. The molecule has 0 fully saturated rings. The second kappa shape index (κ2) is 6.84. The van der Waals surface area contributed by atoms with Crippen LogP contribution in [0.2, 0.25) is 0 Å². The van der Waals surface area contributed by atoms with E-state index in [0.29, 0.717) is 0 Å². The number of methoxy groups -OCH3 is 1. The lowest BCUT2D eigenvalue weighted by Crippen LogP contribution is -2.42. The van der Waals surface area contributed by atoms with Gasteiger partial charge in [-0.25, -0.2) is 19.3 Å². The minimum atomic E-state index is -4.48. The predicted molar refractivity (Wildman–Crippen MR) is 81.4 cm³/mol. The van der Waals surface area contributed by atoms with E-state index >= 15 is 0 Å². The molecule has 138 valence electrons. The van der Waals surface area contributed by atoms with Crippen molar-refractivity contribution in [2.45, 2.75) is 24.6 Å². The number of hydrogen-bond acceptors (Lipinski definition) is 6. The third-order valence-corrected chi connectivity index (χ3v) is 3.89. The molecule has 0 radical (unpaired) electrons. The number of rotatable bonds is 6. The molecular formula is C15H15F3N6O2. The molecule has 0 bridgehead atoms. The van der Waals surface area contributed by atoms with E-state index in [9.17, 15) is 18.3 Å². The Morgan fingerprint density at radius 3 is 2.15 bits per heavy atom. The van der Waals surface area contributed by atoms with Gasteiger partial charge in [0.25, 0.3) is 0 Å². The fourth-order valence-corrected chi connectivity index (χ4v) is 2.68. The van der Waals surface area contributed by atoms with E-state index in [2.05, 4.69) is 20.2 Å². The molecular weight excluding hydrogens is 353 g/mol. The van der Waals surface area contributed by atoms with Crippen LogP contribution in [0.25, 0.3) is 0 Å². The van der Waals surface area contributed by atoms with Crippen LogP contribution in [0, 0.1) is 0 Å². The fourth-order valence-electron chi connectivity index (χ4n) is 2.68. The van der Waals surface area contributed by atoms with Gasteiger partial charge in [-0.3, -0.25) is 0 Å². The van der Waals surface area contributed by atoms with Crippen molar-refractivity contribution in [1.82, 2.24) is 29.5 Å². The molecule has 3 aromatic rings. The molecule has 1 N–H and O–H groups in total. The minimum absolute atomic E-state index is 0.128. The van der Waals surface area contributed by atoms with E-state index < -0.39 is 23.6 Å². The van der Waals surface area contributed by atoms with Crippen molar-refractivity contribution >= 4 is 0 Å². The third-order valence-electron chi connectivity index (χ3n) is 3.89. The second-order valence-corrected chi connectivity index (χ2v) is 5.56. The summed E-state index contributed by atoms with van der Waals surface area (Å²) in [5.41, 5.74) is -2.41. The highest BCUT2D eigenvalue weighted by atomic mass is 19.4. The quantitative estimate of drug-likeness (QED) is 0.711. The predicted octanol–water partition coefficient (Wildman–Crippen LogP) is 1.62. The zero-order chi connectivity index (χ0) is 18.8. The van der Waals surface area contributed by atoms with Crippen molar-refractivity contribution in [2.75, 3.05) is 7.11 Å². The zero-order valence-corrected chi connectivity index (χ0v) is 13.6. The van der Waals surface area contributed by atoms with Crippen LogP contribution in [-0.4, -0.2) is 41.7 Å². The van der Waals surface area contributed by atoms with Gasteiger partial charge >= 0.3 is 6.18 Å². The molecule has 0 aliphatic heterocycles. The Labute approximate surface area is 145 Å². The molecule has 2 aromatic heterocycles. The molecule has 0 saturated heterocycles.